The third-order valence-corrected chi connectivity index (χ3v) is 3.07. The lowest BCUT2D eigenvalue weighted by atomic mass is 10.1. The van der Waals surface area contributed by atoms with Crippen LogP contribution < -0.4 is 10.7 Å². The van der Waals surface area contributed by atoms with Crippen molar-refractivity contribution in [2.24, 2.45) is 0 Å². The van der Waals surface area contributed by atoms with Crippen LogP contribution in [0.15, 0.2) is 47.4 Å². The molecule has 2 N–H and O–H groups in total. The number of amides is 1. The molecule has 0 unspecified atom stereocenters. The van der Waals surface area contributed by atoms with Crippen LogP contribution >= 0.6 is 0 Å². The monoisotopic (exact) mass is 270 g/mol. The maximum absolute atomic E-state index is 11.9. The molecule has 0 spiro atoms. The maximum atomic E-state index is 11.9. The molecular formula is C16H18N2O2. The zero-order valence-electron chi connectivity index (χ0n) is 11.5. The van der Waals surface area contributed by atoms with E-state index in [4.69, 9.17) is 0 Å². The van der Waals surface area contributed by atoms with E-state index < -0.39 is 0 Å². The first kappa shape index (κ1) is 14.1. The Bertz CT molecular complexity index is 632. The van der Waals surface area contributed by atoms with Crippen LogP contribution in [0.5, 0.6) is 0 Å². The van der Waals surface area contributed by atoms with Gasteiger partial charge in [-0.05, 0) is 25.3 Å². The van der Waals surface area contributed by atoms with Gasteiger partial charge in [0.1, 0.15) is 5.56 Å². The highest BCUT2D eigenvalue weighted by molar-refractivity contribution is 5.93. The normalized spacial score (nSPS) is 10.2. The topological polar surface area (TPSA) is 62.0 Å². The number of hydrogen-bond donors (Lipinski definition) is 2. The van der Waals surface area contributed by atoms with Crippen LogP contribution in [0.2, 0.25) is 0 Å². The number of carbonyl (C=O) groups excluding carboxylic acids is 1. The molecule has 0 radical (unpaired) electrons. The van der Waals surface area contributed by atoms with Gasteiger partial charge in [0.15, 0.2) is 5.43 Å². The van der Waals surface area contributed by atoms with Gasteiger partial charge in [0.25, 0.3) is 5.91 Å². The number of H-pyrrole nitrogens is 1. The molecule has 0 aliphatic heterocycles. The predicted molar refractivity (Wildman–Crippen MR) is 78.9 cm³/mol. The maximum Gasteiger partial charge on any atom is 0.256 e. The number of pyridine rings is 1. The fourth-order valence-electron chi connectivity index (χ4n) is 1.98. The second-order valence-corrected chi connectivity index (χ2v) is 4.74. The average molecular weight is 270 g/mol. The van der Waals surface area contributed by atoms with Crippen molar-refractivity contribution in [2.45, 2.75) is 19.8 Å². The van der Waals surface area contributed by atoms with E-state index in [9.17, 15) is 9.59 Å². The second kappa shape index (κ2) is 6.70. The van der Waals surface area contributed by atoms with Gasteiger partial charge in [-0.3, -0.25) is 9.59 Å². The Morgan fingerprint density at radius 3 is 2.70 bits per heavy atom. The molecule has 104 valence electrons. The Balaban J connectivity index is 1.82. The van der Waals surface area contributed by atoms with Gasteiger partial charge in [-0.15, -0.1) is 0 Å². The van der Waals surface area contributed by atoms with Gasteiger partial charge in [-0.1, -0.05) is 30.3 Å². The Morgan fingerprint density at radius 2 is 2.00 bits per heavy atom. The summed E-state index contributed by atoms with van der Waals surface area (Å²) < 4.78 is 0. The molecule has 0 aliphatic carbocycles. The summed E-state index contributed by atoms with van der Waals surface area (Å²) in [5, 5.41) is 2.77. The molecule has 0 bridgehead atoms. The van der Waals surface area contributed by atoms with Crippen molar-refractivity contribution < 1.29 is 4.79 Å². The molecule has 20 heavy (non-hydrogen) atoms. The summed E-state index contributed by atoms with van der Waals surface area (Å²) in [6, 6.07) is 11.5. The lowest BCUT2D eigenvalue weighted by Gasteiger charge is -2.05. The van der Waals surface area contributed by atoms with E-state index in [-0.39, 0.29) is 16.9 Å². The number of nitrogens with one attached hydrogen (secondary N) is 2. The van der Waals surface area contributed by atoms with Gasteiger partial charge in [0.2, 0.25) is 0 Å². The molecule has 1 amide bonds. The molecule has 0 atom stereocenters. The minimum absolute atomic E-state index is 0.162. The standard InChI is InChI=1S/C16H18N2O2/c1-12-10-15(19)14(11-18-12)16(20)17-9-5-8-13-6-3-2-4-7-13/h2-4,6-7,10-11H,5,8-9H2,1H3,(H,17,20)(H,18,19). The summed E-state index contributed by atoms with van der Waals surface area (Å²) in [7, 11) is 0. The van der Waals surface area contributed by atoms with Crippen molar-refractivity contribution in [3.05, 3.63) is 69.6 Å². The molecular weight excluding hydrogens is 252 g/mol. The van der Waals surface area contributed by atoms with E-state index in [1.165, 1.54) is 17.8 Å². The van der Waals surface area contributed by atoms with E-state index in [1.807, 2.05) is 18.2 Å². The number of carbonyl (C=O) groups is 1. The van der Waals surface area contributed by atoms with Crippen LogP contribution in [0.25, 0.3) is 0 Å². The molecule has 4 nitrogen and oxygen atoms in total. The minimum Gasteiger partial charge on any atom is -0.364 e. The van der Waals surface area contributed by atoms with Gasteiger partial charge in [0, 0.05) is 24.5 Å². The van der Waals surface area contributed by atoms with Crippen molar-refractivity contribution in [1.29, 1.82) is 0 Å². The third-order valence-electron chi connectivity index (χ3n) is 3.07. The summed E-state index contributed by atoms with van der Waals surface area (Å²) in [4.78, 5) is 26.4. The summed E-state index contributed by atoms with van der Waals surface area (Å²) in [6.07, 6.45) is 3.22. The lowest BCUT2D eigenvalue weighted by molar-refractivity contribution is 0.0952. The van der Waals surface area contributed by atoms with Crippen LogP contribution in [0.3, 0.4) is 0 Å². The molecule has 0 saturated carbocycles. The number of rotatable bonds is 5. The highest BCUT2D eigenvalue weighted by Crippen LogP contribution is 2.01. The van der Waals surface area contributed by atoms with Gasteiger partial charge >= 0.3 is 0 Å². The van der Waals surface area contributed by atoms with Crippen LogP contribution in [0, 0.1) is 6.92 Å². The molecule has 0 aliphatic rings. The van der Waals surface area contributed by atoms with Crippen LogP contribution in [-0.4, -0.2) is 17.4 Å². The van der Waals surface area contributed by atoms with E-state index in [2.05, 4.69) is 22.4 Å². The molecule has 2 aromatic rings. The summed E-state index contributed by atoms with van der Waals surface area (Å²) in [5.74, 6) is -0.320. The molecule has 4 heteroatoms. The van der Waals surface area contributed by atoms with Crippen LogP contribution in [-0.2, 0) is 6.42 Å². The number of aryl methyl sites for hydroxylation is 2. The van der Waals surface area contributed by atoms with Gasteiger partial charge in [-0.25, -0.2) is 0 Å². The van der Waals surface area contributed by atoms with Crippen molar-refractivity contribution in [3.8, 4) is 0 Å². The Morgan fingerprint density at radius 1 is 1.25 bits per heavy atom. The highest BCUT2D eigenvalue weighted by atomic mass is 16.2. The first-order valence-electron chi connectivity index (χ1n) is 6.68. The zero-order chi connectivity index (χ0) is 14.4. The fraction of sp³-hybridized carbons (Fsp3) is 0.250. The highest BCUT2D eigenvalue weighted by Gasteiger charge is 2.09. The first-order chi connectivity index (χ1) is 9.66. The van der Waals surface area contributed by atoms with Gasteiger partial charge in [0.05, 0.1) is 0 Å². The third kappa shape index (κ3) is 3.82. The number of aromatic amines is 1. The molecule has 1 heterocycles. The van der Waals surface area contributed by atoms with Crippen molar-refractivity contribution in [1.82, 2.24) is 10.3 Å². The van der Waals surface area contributed by atoms with Crippen LogP contribution in [0.4, 0.5) is 0 Å². The minimum atomic E-state index is -0.320. The number of aromatic nitrogens is 1. The van der Waals surface area contributed by atoms with E-state index in [0.29, 0.717) is 6.54 Å². The smallest absolute Gasteiger partial charge is 0.256 e. The molecule has 1 aromatic heterocycles. The molecule has 2 rings (SSSR count). The van der Waals surface area contributed by atoms with Gasteiger partial charge < -0.3 is 10.3 Å². The largest absolute Gasteiger partial charge is 0.364 e. The van der Waals surface area contributed by atoms with E-state index >= 15 is 0 Å². The van der Waals surface area contributed by atoms with Crippen molar-refractivity contribution in [2.75, 3.05) is 6.54 Å². The van der Waals surface area contributed by atoms with Crippen molar-refractivity contribution in [3.63, 3.8) is 0 Å². The Labute approximate surface area is 117 Å². The molecule has 1 aromatic carbocycles. The van der Waals surface area contributed by atoms with E-state index in [0.717, 1.165) is 18.5 Å². The summed E-state index contributed by atoms with van der Waals surface area (Å²) in [5.41, 5.74) is 1.91. The quantitative estimate of drug-likeness (QED) is 0.817. The summed E-state index contributed by atoms with van der Waals surface area (Å²) in [6.45, 7) is 2.34. The molecule has 0 fully saturated rings. The lowest BCUT2D eigenvalue weighted by Crippen LogP contribution is -2.29. The zero-order valence-corrected chi connectivity index (χ0v) is 11.5. The fourth-order valence-corrected chi connectivity index (χ4v) is 1.98. The summed E-state index contributed by atoms with van der Waals surface area (Å²) >= 11 is 0. The van der Waals surface area contributed by atoms with Crippen molar-refractivity contribution >= 4 is 5.91 Å². The molecule has 0 saturated heterocycles. The first-order valence-corrected chi connectivity index (χ1v) is 6.68. The number of hydrogen-bond acceptors (Lipinski definition) is 2. The Kier molecular flexibility index (Phi) is 4.71. The second-order valence-electron chi connectivity index (χ2n) is 4.74. The van der Waals surface area contributed by atoms with Gasteiger partial charge in [-0.2, -0.15) is 0 Å². The predicted octanol–water partition coefficient (Wildman–Crippen LogP) is 2.05. The van der Waals surface area contributed by atoms with Crippen LogP contribution in [0.1, 0.15) is 28.0 Å². The SMILES string of the molecule is Cc1cc(=O)c(C(=O)NCCCc2ccccc2)c[nH]1. The average Bonchev–Trinajstić information content (AvgIpc) is 2.44. The number of benzene rings is 1. The van der Waals surface area contributed by atoms with E-state index in [1.54, 1.807) is 6.92 Å². The Hall–Kier alpha value is -2.36.